The molecule has 3 rings (SSSR count). The Morgan fingerprint density at radius 3 is 3.09 bits per heavy atom. The van der Waals surface area contributed by atoms with E-state index in [9.17, 15) is 4.79 Å². The topological polar surface area (TPSA) is 75.9 Å². The van der Waals surface area contributed by atoms with Crippen LogP contribution < -0.4 is 10.2 Å². The average molecular weight is 314 g/mol. The highest BCUT2D eigenvalue weighted by molar-refractivity contribution is 5.79. The molecule has 3 heterocycles. The largest absolute Gasteiger partial charge is 0.355 e. The Bertz CT molecular complexity index is 615. The Morgan fingerprint density at radius 1 is 1.43 bits per heavy atom. The van der Waals surface area contributed by atoms with Crippen molar-refractivity contribution in [2.24, 2.45) is 5.92 Å². The van der Waals surface area contributed by atoms with E-state index in [4.69, 9.17) is 0 Å². The molecule has 0 spiro atoms. The summed E-state index contributed by atoms with van der Waals surface area (Å²) in [6.45, 7) is 4.30. The van der Waals surface area contributed by atoms with E-state index in [0.717, 1.165) is 25.2 Å². The van der Waals surface area contributed by atoms with Crippen molar-refractivity contribution in [1.29, 1.82) is 0 Å². The number of carbonyl (C=O) groups excluding carboxylic acids is 1. The molecule has 7 heteroatoms. The number of hydrogen-bond donors (Lipinski definition) is 1. The fourth-order valence-corrected chi connectivity index (χ4v) is 2.95. The number of amides is 1. The molecule has 0 unspecified atom stereocenters. The molecule has 1 N–H and O–H groups in total. The van der Waals surface area contributed by atoms with Crippen molar-refractivity contribution in [1.82, 2.24) is 25.1 Å². The molecule has 2 aromatic heterocycles. The van der Waals surface area contributed by atoms with Gasteiger partial charge in [0.2, 0.25) is 5.91 Å². The zero-order valence-corrected chi connectivity index (χ0v) is 13.3. The molecule has 1 amide bonds. The average Bonchev–Trinajstić information content (AvgIpc) is 3.08. The van der Waals surface area contributed by atoms with Crippen LogP contribution in [0, 0.1) is 5.92 Å². The summed E-state index contributed by atoms with van der Waals surface area (Å²) in [5.41, 5.74) is 0. The quantitative estimate of drug-likeness (QED) is 0.894. The summed E-state index contributed by atoms with van der Waals surface area (Å²) in [6, 6.07) is 1.93. The van der Waals surface area contributed by atoms with Gasteiger partial charge in [-0.2, -0.15) is 5.10 Å². The van der Waals surface area contributed by atoms with Crippen LogP contribution in [0.1, 0.15) is 19.8 Å². The Balaban J connectivity index is 1.54. The second-order valence-electron chi connectivity index (χ2n) is 5.99. The van der Waals surface area contributed by atoms with Crippen molar-refractivity contribution >= 4 is 11.7 Å². The fourth-order valence-electron chi connectivity index (χ4n) is 2.95. The predicted octanol–water partition coefficient (Wildman–Crippen LogP) is 1.09. The minimum absolute atomic E-state index is 0.00849. The number of carbonyl (C=O) groups is 1. The molecular formula is C16H22N6O. The van der Waals surface area contributed by atoms with Gasteiger partial charge in [0.05, 0.1) is 18.7 Å². The van der Waals surface area contributed by atoms with Gasteiger partial charge in [0.1, 0.15) is 5.82 Å². The van der Waals surface area contributed by atoms with Crippen molar-refractivity contribution in [3.63, 3.8) is 0 Å². The van der Waals surface area contributed by atoms with Crippen molar-refractivity contribution in [3.05, 3.63) is 37.1 Å². The molecule has 1 fully saturated rings. The highest BCUT2D eigenvalue weighted by Gasteiger charge is 2.27. The van der Waals surface area contributed by atoms with E-state index in [1.807, 2.05) is 23.9 Å². The number of anilines is 1. The van der Waals surface area contributed by atoms with Gasteiger partial charge in [-0.15, -0.1) is 0 Å². The molecule has 1 aliphatic heterocycles. The van der Waals surface area contributed by atoms with Gasteiger partial charge >= 0.3 is 0 Å². The summed E-state index contributed by atoms with van der Waals surface area (Å²) < 4.78 is 1.83. The Kier molecular flexibility index (Phi) is 4.85. The van der Waals surface area contributed by atoms with Gasteiger partial charge < -0.3 is 10.2 Å². The summed E-state index contributed by atoms with van der Waals surface area (Å²) in [6.07, 6.45) is 10.6. The van der Waals surface area contributed by atoms with Crippen LogP contribution in [0.2, 0.25) is 0 Å². The van der Waals surface area contributed by atoms with Crippen LogP contribution in [-0.2, 0) is 11.3 Å². The lowest BCUT2D eigenvalue weighted by Crippen LogP contribution is -2.46. The van der Waals surface area contributed by atoms with Crippen LogP contribution in [0.25, 0.3) is 0 Å². The first-order valence-electron chi connectivity index (χ1n) is 8.01. The van der Waals surface area contributed by atoms with Gasteiger partial charge in [-0.1, -0.05) is 0 Å². The highest BCUT2D eigenvalue weighted by atomic mass is 16.2. The third-order valence-corrected chi connectivity index (χ3v) is 4.07. The number of piperidine rings is 1. The molecule has 0 aliphatic carbocycles. The number of hydrogen-bond acceptors (Lipinski definition) is 5. The molecule has 122 valence electrons. The van der Waals surface area contributed by atoms with Crippen molar-refractivity contribution in [2.75, 3.05) is 18.0 Å². The lowest BCUT2D eigenvalue weighted by atomic mass is 9.97. The van der Waals surface area contributed by atoms with E-state index >= 15 is 0 Å². The lowest BCUT2D eigenvalue weighted by Gasteiger charge is -2.33. The van der Waals surface area contributed by atoms with Gasteiger partial charge in [-0.3, -0.25) is 14.5 Å². The van der Waals surface area contributed by atoms with Crippen molar-refractivity contribution in [3.8, 4) is 0 Å². The van der Waals surface area contributed by atoms with Gasteiger partial charge in [-0.05, 0) is 25.8 Å². The lowest BCUT2D eigenvalue weighted by molar-refractivity contribution is -0.125. The molecule has 0 aromatic carbocycles. The molecule has 0 saturated carbocycles. The Labute approximate surface area is 135 Å². The van der Waals surface area contributed by atoms with Gasteiger partial charge in [0.15, 0.2) is 0 Å². The van der Waals surface area contributed by atoms with Crippen LogP contribution in [0.3, 0.4) is 0 Å². The Morgan fingerprint density at radius 2 is 2.35 bits per heavy atom. The molecular weight excluding hydrogens is 292 g/mol. The van der Waals surface area contributed by atoms with E-state index in [2.05, 4.69) is 25.3 Å². The first-order chi connectivity index (χ1) is 11.2. The van der Waals surface area contributed by atoms with Gasteiger partial charge in [-0.25, -0.2) is 4.98 Å². The van der Waals surface area contributed by atoms with E-state index in [-0.39, 0.29) is 17.9 Å². The molecule has 7 nitrogen and oxygen atoms in total. The molecule has 23 heavy (non-hydrogen) atoms. The minimum atomic E-state index is -0.00849. The van der Waals surface area contributed by atoms with Gasteiger partial charge in [0, 0.05) is 43.9 Å². The standard InChI is InChI=1S/C16H22N6O/c1-13(11-22-9-3-5-19-22)20-16(23)14-4-2-8-21(12-14)15-10-17-6-7-18-15/h3,5-7,9-10,13-14H,2,4,8,11-12H2,1H3,(H,20,23)/t13-,14-/m0/s1. The summed E-state index contributed by atoms with van der Waals surface area (Å²) in [4.78, 5) is 23.1. The normalized spacial score (nSPS) is 19.3. The summed E-state index contributed by atoms with van der Waals surface area (Å²) in [5.74, 6) is 0.943. The second kappa shape index (κ2) is 7.21. The zero-order chi connectivity index (χ0) is 16.1. The van der Waals surface area contributed by atoms with Gasteiger partial charge in [0.25, 0.3) is 0 Å². The summed E-state index contributed by atoms with van der Waals surface area (Å²) in [5, 5.41) is 7.27. The molecule has 1 saturated heterocycles. The molecule has 0 bridgehead atoms. The number of aromatic nitrogens is 4. The third-order valence-electron chi connectivity index (χ3n) is 4.07. The smallest absolute Gasteiger partial charge is 0.225 e. The van der Waals surface area contributed by atoms with E-state index in [0.29, 0.717) is 13.1 Å². The molecule has 0 radical (unpaired) electrons. The van der Waals surface area contributed by atoms with Crippen LogP contribution in [0.15, 0.2) is 37.1 Å². The first kappa shape index (κ1) is 15.5. The summed E-state index contributed by atoms with van der Waals surface area (Å²) in [7, 11) is 0. The van der Waals surface area contributed by atoms with Crippen molar-refractivity contribution < 1.29 is 4.79 Å². The third kappa shape index (κ3) is 4.06. The van der Waals surface area contributed by atoms with Crippen LogP contribution >= 0.6 is 0 Å². The SMILES string of the molecule is C[C@@H](Cn1cccn1)NC(=O)[C@H]1CCCN(c2cnccn2)C1. The maximum atomic E-state index is 12.5. The minimum Gasteiger partial charge on any atom is -0.355 e. The summed E-state index contributed by atoms with van der Waals surface area (Å²) >= 11 is 0. The number of rotatable bonds is 5. The highest BCUT2D eigenvalue weighted by Crippen LogP contribution is 2.21. The van der Waals surface area contributed by atoms with Crippen LogP contribution in [-0.4, -0.2) is 44.8 Å². The fraction of sp³-hybridized carbons (Fsp3) is 0.500. The van der Waals surface area contributed by atoms with Crippen molar-refractivity contribution in [2.45, 2.75) is 32.4 Å². The maximum absolute atomic E-state index is 12.5. The predicted molar refractivity (Wildman–Crippen MR) is 86.8 cm³/mol. The molecule has 2 aromatic rings. The molecule has 2 atom stereocenters. The first-order valence-corrected chi connectivity index (χ1v) is 8.01. The Hall–Kier alpha value is -2.44. The zero-order valence-electron chi connectivity index (χ0n) is 13.3. The van der Waals surface area contributed by atoms with Crippen LogP contribution in [0.4, 0.5) is 5.82 Å². The number of nitrogens with one attached hydrogen (secondary N) is 1. The molecule has 1 aliphatic rings. The second-order valence-corrected chi connectivity index (χ2v) is 5.99. The van der Waals surface area contributed by atoms with E-state index in [1.165, 1.54) is 0 Å². The maximum Gasteiger partial charge on any atom is 0.225 e. The van der Waals surface area contributed by atoms with E-state index in [1.54, 1.807) is 24.8 Å². The van der Waals surface area contributed by atoms with Crippen LogP contribution in [0.5, 0.6) is 0 Å². The monoisotopic (exact) mass is 314 g/mol. The number of nitrogens with zero attached hydrogens (tertiary/aromatic N) is 5. The van der Waals surface area contributed by atoms with E-state index < -0.39 is 0 Å².